The maximum absolute atomic E-state index is 12.5. The van der Waals surface area contributed by atoms with Crippen molar-refractivity contribution < 1.29 is 22.1 Å². The molecule has 3 rings (SSSR count). The van der Waals surface area contributed by atoms with Crippen LogP contribution in [0.3, 0.4) is 0 Å². The fraction of sp³-hybridized carbons (Fsp3) is 0.375. The summed E-state index contributed by atoms with van der Waals surface area (Å²) in [5.41, 5.74) is 2.97. The Hall–Kier alpha value is -2.84. The number of para-hydroxylation sites is 1. The number of anilines is 2. The summed E-state index contributed by atoms with van der Waals surface area (Å²) in [6.45, 7) is 3.17. The van der Waals surface area contributed by atoms with Crippen LogP contribution in [0.4, 0.5) is 11.4 Å². The van der Waals surface area contributed by atoms with E-state index < -0.39 is 10.0 Å². The third-order valence-corrected chi connectivity index (χ3v) is 6.41. The summed E-state index contributed by atoms with van der Waals surface area (Å²) >= 11 is 0. The highest BCUT2D eigenvalue weighted by atomic mass is 32.2. The SMILES string of the molecule is CCCCCCS(=O)(=O)Nc1ccc2oc(/C=C/Nc3ccccc3)[n+](CCOC)c2c1. The lowest BCUT2D eigenvalue weighted by molar-refractivity contribution is -0.679. The molecule has 0 saturated heterocycles. The van der Waals surface area contributed by atoms with E-state index in [-0.39, 0.29) is 5.75 Å². The maximum atomic E-state index is 12.5. The van der Waals surface area contributed by atoms with Crippen LogP contribution in [-0.2, 0) is 21.3 Å². The highest BCUT2D eigenvalue weighted by Gasteiger charge is 2.22. The fourth-order valence-electron chi connectivity index (χ4n) is 3.39. The maximum Gasteiger partial charge on any atom is 0.375 e. The molecule has 1 aromatic heterocycles. The van der Waals surface area contributed by atoms with E-state index in [0.717, 1.165) is 30.5 Å². The van der Waals surface area contributed by atoms with Crippen molar-refractivity contribution in [1.29, 1.82) is 0 Å². The van der Waals surface area contributed by atoms with Gasteiger partial charge in [-0.1, -0.05) is 44.4 Å². The zero-order chi connectivity index (χ0) is 22.8. The Bertz CT molecular complexity index is 1120. The second kappa shape index (κ2) is 11.7. The average molecular weight is 459 g/mol. The van der Waals surface area contributed by atoms with Crippen molar-refractivity contribution in [1.82, 2.24) is 0 Å². The molecular weight excluding hydrogens is 426 g/mol. The number of methoxy groups -OCH3 is 1. The standard InChI is InChI=1S/C24H31N3O4S/c1-3-4-5-9-18-32(28,29)26-21-12-13-23-22(19-21)27(16-17-30-2)24(31-23)14-15-25-20-10-7-6-8-11-20/h6-8,10-15,19,26H,3-5,9,16-18H2,1-2H3/p+1. The summed E-state index contributed by atoms with van der Waals surface area (Å²) in [5.74, 6) is 0.763. The Morgan fingerprint density at radius 2 is 1.88 bits per heavy atom. The number of fused-ring (bicyclic) bond motifs is 1. The van der Waals surface area contributed by atoms with Crippen molar-refractivity contribution in [3.8, 4) is 0 Å². The Morgan fingerprint density at radius 1 is 1.06 bits per heavy atom. The number of aromatic nitrogens is 1. The second-order valence-corrected chi connectivity index (χ2v) is 9.43. The fourth-order valence-corrected chi connectivity index (χ4v) is 4.57. The van der Waals surface area contributed by atoms with Crippen molar-refractivity contribution in [3.63, 3.8) is 0 Å². The monoisotopic (exact) mass is 458 g/mol. The number of unbranched alkanes of at least 4 members (excludes halogenated alkanes) is 3. The minimum Gasteiger partial charge on any atom is -0.398 e. The first-order valence-electron chi connectivity index (χ1n) is 11.0. The molecule has 7 nitrogen and oxygen atoms in total. The predicted octanol–water partition coefficient (Wildman–Crippen LogP) is 4.77. The summed E-state index contributed by atoms with van der Waals surface area (Å²) in [5, 5.41) is 3.21. The quantitative estimate of drug-likeness (QED) is 0.285. The molecule has 0 unspecified atom stereocenters. The lowest BCUT2D eigenvalue weighted by Crippen LogP contribution is -2.37. The van der Waals surface area contributed by atoms with Crippen LogP contribution in [-0.4, -0.2) is 27.9 Å². The van der Waals surface area contributed by atoms with Crippen molar-refractivity contribution in [2.75, 3.05) is 29.5 Å². The van der Waals surface area contributed by atoms with E-state index in [0.29, 0.717) is 36.7 Å². The molecule has 0 amide bonds. The molecule has 0 atom stereocenters. The summed E-state index contributed by atoms with van der Waals surface area (Å²) in [6.07, 6.45) is 7.36. The molecule has 2 aromatic carbocycles. The predicted molar refractivity (Wildman–Crippen MR) is 129 cm³/mol. The van der Waals surface area contributed by atoms with E-state index in [4.69, 9.17) is 9.15 Å². The smallest absolute Gasteiger partial charge is 0.375 e. The van der Waals surface area contributed by atoms with E-state index >= 15 is 0 Å². The van der Waals surface area contributed by atoms with E-state index in [9.17, 15) is 8.42 Å². The van der Waals surface area contributed by atoms with Crippen LogP contribution in [0.15, 0.2) is 59.1 Å². The first kappa shape index (κ1) is 23.8. The number of oxazole rings is 1. The first-order chi connectivity index (χ1) is 15.5. The Morgan fingerprint density at radius 3 is 2.62 bits per heavy atom. The van der Waals surface area contributed by atoms with Gasteiger partial charge in [-0.2, -0.15) is 4.57 Å². The molecule has 1 heterocycles. The molecule has 0 radical (unpaired) electrons. The van der Waals surface area contributed by atoms with Gasteiger partial charge in [-0.15, -0.1) is 0 Å². The Balaban J connectivity index is 1.80. The largest absolute Gasteiger partial charge is 0.398 e. The molecule has 2 N–H and O–H groups in total. The van der Waals surface area contributed by atoms with E-state index in [1.54, 1.807) is 25.3 Å². The van der Waals surface area contributed by atoms with Gasteiger partial charge in [0.05, 0.1) is 17.5 Å². The number of sulfonamides is 1. The molecule has 0 bridgehead atoms. The van der Waals surface area contributed by atoms with E-state index in [2.05, 4.69) is 17.0 Å². The highest BCUT2D eigenvalue weighted by molar-refractivity contribution is 7.92. The molecular formula is C24H32N3O4S+. The molecule has 172 valence electrons. The van der Waals surface area contributed by atoms with Crippen molar-refractivity contribution in [2.24, 2.45) is 0 Å². The van der Waals surface area contributed by atoms with Crippen molar-refractivity contribution >= 4 is 38.6 Å². The van der Waals surface area contributed by atoms with Crippen molar-refractivity contribution in [2.45, 2.75) is 39.2 Å². The van der Waals surface area contributed by atoms with Crippen molar-refractivity contribution in [3.05, 3.63) is 60.6 Å². The normalized spacial score (nSPS) is 11.9. The lowest BCUT2D eigenvalue weighted by atomic mass is 10.2. The number of rotatable bonds is 13. The zero-order valence-corrected chi connectivity index (χ0v) is 19.5. The van der Waals surface area contributed by atoms with Crippen LogP contribution in [0, 0.1) is 0 Å². The third kappa shape index (κ3) is 6.83. The average Bonchev–Trinajstić information content (AvgIpc) is 3.12. The summed E-state index contributed by atoms with van der Waals surface area (Å²) in [6, 6.07) is 15.2. The highest BCUT2D eigenvalue weighted by Crippen LogP contribution is 2.21. The van der Waals surface area contributed by atoms with Gasteiger partial charge >= 0.3 is 5.89 Å². The van der Waals surface area contributed by atoms with E-state index in [1.807, 2.05) is 47.2 Å². The van der Waals surface area contributed by atoms with Gasteiger partial charge in [0.2, 0.25) is 15.6 Å². The number of nitrogens with one attached hydrogen (secondary N) is 2. The zero-order valence-electron chi connectivity index (χ0n) is 18.7. The summed E-state index contributed by atoms with van der Waals surface area (Å²) in [4.78, 5) is 0. The van der Waals surface area contributed by atoms with Crippen LogP contribution < -0.4 is 14.6 Å². The van der Waals surface area contributed by atoms with Crippen LogP contribution in [0.5, 0.6) is 0 Å². The second-order valence-electron chi connectivity index (χ2n) is 7.59. The molecule has 3 aromatic rings. The van der Waals surface area contributed by atoms with Crippen LogP contribution in [0.2, 0.25) is 0 Å². The summed E-state index contributed by atoms with van der Waals surface area (Å²) in [7, 11) is -1.74. The van der Waals surface area contributed by atoms with Crippen LogP contribution >= 0.6 is 0 Å². The number of benzene rings is 2. The van der Waals surface area contributed by atoms with E-state index in [1.165, 1.54) is 0 Å². The summed E-state index contributed by atoms with van der Waals surface area (Å²) < 4.78 is 40.9. The molecule has 0 aliphatic heterocycles. The molecule has 0 fully saturated rings. The molecule has 0 spiro atoms. The van der Waals surface area contributed by atoms with Gasteiger partial charge in [-0.25, -0.2) is 8.42 Å². The van der Waals surface area contributed by atoms with Gasteiger partial charge in [0.15, 0.2) is 6.54 Å². The topological polar surface area (TPSA) is 84.5 Å². The number of nitrogens with zero attached hydrogens (tertiary/aromatic N) is 1. The van der Waals surface area contributed by atoms with Crippen LogP contribution in [0.25, 0.3) is 17.2 Å². The number of hydrogen-bond donors (Lipinski definition) is 2. The lowest BCUT2D eigenvalue weighted by Gasteiger charge is -2.07. The van der Waals surface area contributed by atoms with Gasteiger partial charge < -0.3 is 14.5 Å². The molecule has 8 heteroatoms. The third-order valence-electron chi connectivity index (χ3n) is 5.04. The molecule has 0 aliphatic rings. The minimum absolute atomic E-state index is 0.124. The van der Waals surface area contributed by atoms with Crippen LogP contribution in [0.1, 0.15) is 38.5 Å². The van der Waals surface area contributed by atoms with Gasteiger partial charge in [-0.05, 0) is 30.7 Å². The minimum atomic E-state index is -3.39. The Labute approximate surface area is 190 Å². The molecule has 0 aliphatic carbocycles. The number of ether oxygens (including phenoxy) is 1. The van der Waals surface area contributed by atoms with Gasteiger partial charge in [-0.3, -0.25) is 4.72 Å². The van der Waals surface area contributed by atoms with Gasteiger partial charge in [0.25, 0.3) is 5.52 Å². The number of hydrogen-bond acceptors (Lipinski definition) is 5. The van der Waals surface area contributed by atoms with Gasteiger partial charge in [0, 0.05) is 25.1 Å². The van der Waals surface area contributed by atoms with Gasteiger partial charge in [0.1, 0.15) is 6.61 Å². The Kier molecular flexibility index (Phi) is 8.70. The first-order valence-corrected chi connectivity index (χ1v) is 12.6. The molecule has 32 heavy (non-hydrogen) atoms. The molecule has 0 saturated carbocycles.